The Kier molecular flexibility index (Phi) is 9.85. The predicted octanol–water partition coefficient (Wildman–Crippen LogP) is 3.06. The highest BCUT2D eigenvalue weighted by Gasteiger charge is 2.48. The Bertz CT molecular complexity index is 1400. The van der Waals surface area contributed by atoms with Crippen molar-refractivity contribution in [3.05, 3.63) is 59.2 Å². The molecule has 11 nitrogen and oxygen atoms in total. The molecule has 3 atom stereocenters. The quantitative estimate of drug-likeness (QED) is 0.377. The van der Waals surface area contributed by atoms with E-state index >= 15 is 0 Å². The SMILES string of the molecule is CCCCN(C(=O)CN1C[C@H](c2ccc3c(c2)CCO3)[C@@H](C(=O)O)[C@@H]1CCN1C(=O)CCN(C)C1=O)c1cccc(CN)c1. The molecular formula is C33H43N5O6. The van der Waals surface area contributed by atoms with Gasteiger partial charge in [-0.1, -0.05) is 37.6 Å². The first-order chi connectivity index (χ1) is 21.2. The number of ether oxygens (including phenoxy) is 1. The van der Waals surface area contributed by atoms with Gasteiger partial charge in [-0.05, 0) is 47.7 Å². The molecule has 2 aromatic rings. The van der Waals surface area contributed by atoms with Gasteiger partial charge in [0.05, 0.1) is 19.1 Å². The van der Waals surface area contributed by atoms with E-state index in [1.807, 2.05) is 47.4 Å². The van der Waals surface area contributed by atoms with Crippen LogP contribution in [0.15, 0.2) is 42.5 Å². The number of carboxylic acids is 1. The number of hydrogen-bond donors (Lipinski definition) is 2. The monoisotopic (exact) mass is 605 g/mol. The number of aliphatic carboxylic acids is 1. The van der Waals surface area contributed by atoms with E-state index in [0.717, 1.165) is 47.4 Å². The van der Waals surface area contributed by atoms with Gasteiger partial charge in [0, 0.05) is 70.3 Å². The summed E-state index contributed by atoms with van der Waals surface area (Å²) in [5.74, 6) is -1.74. The molecule has 44 heavy (non-hydrogen) atoms. The summed E-state index contributed by atoms with van der Waals surface area (Å²) in [6.07, 6.45) is 2.96. The minimum absolute atomic E-state index is 0.0113. The Balaban J connectivity index is 1.45. The van der Waals surface area contributed by atoms with Crippen LogP contribution in [0, 0.1) is 5.92 Å². The zero-order valence-corrected chi connectivity index (χ0v) is 25.6. The standard InChI is InChI=1S/C33H43N5O6/c1-3-4-13-37(25-7-5-6-22(17-25)19-34)30(40)21-36-20-26(23-8-9-28-24(18-23)12-16-44-28)31(32(41)42)27(36)10-15-38-29(39)11-14-35(2)33(38)43/h5-9,17-18,26-27,31H,3-4,10-16,19-21,34H2,1-2H3,(H,41,42)/t26-,27+,31-/m1/s1. The second-order valence-electron chi connectivity index (χ2n) is 12.0. The molecule has 3 heterocycles. The van der Waals surface area contributed by atoms with Crippen LogP contribution in [0.2, 0.25) is 0 Å². The van der Waals surface area contributed by atoms with Gasteiger partial charge in [-0.3, -0.25) is 24.2 Å². The second-order valence-corrected chi connectivity index (χ2v) is 12.0. The van der Waals surface area contributed by atoms with Gasteiger partial charge < -0.3 is 25.4 Å². The van der Waals surface area contributed by atoms with Crippen LogP contribution in [-0.4, -0.2) is 96.0 Å². The number of imide groups is 1. The van der Waals surface area contributed by atoms with E-state index in [4.69, 9.17) is 10.5 Å². The van der Waals surface area contributed by atoms with E-state index < -0.39 is 17.9 Å². The molecule has 2 aromatic carbocycles. The summed E-state index contributed by atoms with van der Waals surface area (Å²) in [7, 11) is 1.65. The molecule has 0 saturated carbocycles. The van der Waals surface area contributed by atoms with Crippen molar-refractivity contribution in [1.29, 1.82) is 0 Å². The van der Waals surface area contributed by atoms with Gasteiger partial charge in [-0.2, -0.15) is 0 Å². The number of nitrogens with two attached hydrogens (primary N) is 1. The summed E-state index contributed by atoms with van der Waals surface area (Å²) in [6, 6.07) is 12.5. The molecule has 0 spiro atoms. The molecule has 3 aliphatic rings. The molecule has 3 N–H and O–H groups in total. The highest BCUT2D eigenvalue weighted by atomic mass is 16.5. The molecule has 3 aliphatic heterocycles. The van der Waals surface area contributed by atoms with Crippen molar-refractivity contribution in [2.24, 2.45) is 11.7 Å². The predicted molar refractivity (Wildman–Crippen MR) is 165 cm³/mol. The number of carboxylic acid groups (broad SMARTS) is 1. The highest BCUT2D eigenvalue weighted by molar-refractivity contribution is 5.97. The minimum Gasteiger partial charge on any atom is -0.493 e. The molecule has 0 radical (unpaired) electrons. The van der Waals surface area contributed by atoms with Crippen LogP contribution in [0.4, 0.5) is 10.5 Å². The molecule has 0 unspecified atom stereocenters. The summed E-state index contributed by atoms with van der Waals surface area (Å²) in [6.45, 7) is 4.37. The summed E-state index contributed by atoms with van der Waals surface area (Å²) in [5.41, 5.74) is 9.51. The number of amides is 4. The summed E-state index contributed by atoms with van der Waals surface area (Å²) in [5, 5.41) is 10.6. The van der Waals surface area contributed by atoms with Crippen LogP contribution in [0.1, 0.15) is 55.2 Å². The van der Waals surface area contributed by atoms with Crippen molar-refractivity contribution in [3.63, 3.8) is 0 Å². The van der Waals surface area contributed by atoms with Gasteiger partial charge in [0.2, 0.25) is 11.8 Å². The van der Waals surface area contributed by atoms with Crippen molar-refractivity contribution >= 4 is 29.5 Å². The zero-order chi connectivity index (χ0) is 31.4. The van der Waals surface area contributed by atoms with E-state index in [-0.39, 0.29) is 49.7 Å². The molecule has 2 saturated heterocycles. The van der Waals surface area contributed by atoms with Gasteiger partial charge in [0.1, 0.15) is 5.75 Å². The number of carbonyl (C=O) groups excluding carboxylic acids is 3. The van der Waals surface area contributed by atoms with E-state index in [9.17, 15) is 24.3 Å². The maximum Gasteiger partial charge on any atom is 0.326 e. The maximum atomic E-state index is 14.0. The second kappa shape index (κ2) is 13.8. The lowest BCUT2D eigenvalue weighted by atomic mass is 9.83. The molecule has 4 amide bonds. The molecule has 5 rings (SSSR count). The number of nitrogens with zero attached hydrogens (tertiary/aromatic N) is 4. The molecule has 0 aromatic heterocycles. The van der Waals surface area contributed by atoms with Crippen LogP contribution < -0.4 is 15.4 Å². The number of rotatable bonds is 12. The smallest absolute Gasteiger partial charge is 0.326 e. The number of fused-ring (bicyclic) bond motifs is 1. The van der Waals surface area contributed by atoms with E-state index in [1.165, 1.54) is 9.80 Å². The first kappa shape index (κ1) is 31.5. The Labute approximate surface area is 258 Å². The van der Waals surface area contributed by atoms with Gasteiger partial charge in [0.15, 0.2) is 0 Å². The molecule has 236 valence electrons. The third-order valence-corrected chi connectivity index (χ3v) is 9.18. The molecule has 0 bridgehead atoms. The zero-order valence-electron chi connectivity index (χ0n) is 25.6. The lowest BCUT2D eigenvalue weighted by molar-refractivity contribution is -0.143. The minimum atomic E-state index is -0.960. The van der Waals surface area contributed by atoms with Crippen LogP contribution in [0.3, 0.4) is 0 Å². The molecule has 11 heteroatoms. The normalized spacial score (nSPS) is 21.8. The molecule has 0 aliphatic carbocycles. The van der Waals surface area contributed by atoms with Crippen molar-refractivity contribution < 1.29 is 29.0 Å². The van der Waals surface area contributed by atoms with E-state index in [2.05, 4.69) is 6.92 Å². The van der Waals surface area contributed by atoms with Crippen LogP contribution >= 0.6 is 0 Å². The van der Waals surface area contributed by atoms with Crippen molar-refractivity contribution in [2.45, 2.75) is 57.5 Å². The van der Waals surface area contributed by atoms with E-state index in [0.29, 0.717) is 32.8 Å². The maximum absolute atomic E-state index is 14.0. The number of anilines is 1. The van der Waals surface area contributed by atoms with Crippen molar-refractivity contribution in [2.75, 3.05) is 51.3 Å². The van der Waals surface area contributed by atoms with E-state index in [1.54, 1.807) is 11.9 Å². The summed E-state index contributed by atoms with van der Waals surface area (Å²) in [4.78, 5) is 58.9. The fourth-order valence-corrected chi connectivity index (χ4v) is 6.74. The van der Waals surface area contributed by atoms with Crippen LogP contribution in [-0.2, 0) is 27.3 Å². The first-order valence-corrected chi connectivity index (χ1v) is 15.6. The number of likely N-dealkylation sites (tertiary alicyclic amines) is 1. The average molecular weight is 606 g/mol. The lowest BCUT2D eigenvalue weighted by Gasteiger charge is -2.34. The third-order valence-electron chi connectivity index (χ3n) is 9.18. The van der Waals surface area contributed by atoms with Crippen molar-refractivity contribution in [1.82, 2.24) is 14.7 Å². The van der Waals surface area contributed by atoms with Gasteiger partial charge in [-0.25, -0.2) is 4.79 Å². The van der Waals surface area contributed by atoms with Crippen molar-refractivity contribution in [3.8, 4) is 5.75 Å². The molecular weight excluding hydrogens is 562 g/mol. The fourth-order valence-electron chi connectivity index (χ4n) is 6.74. The van der Waals surface area contributed by atoms with Crippen LogP contribution in [0.25, 0.3) is 0 Å². The van der Waals surface area contributed by atoms with Gasteiger partial charge in [0.25, 0.3) is 0 Å². The van der Waals surface area contributed by atoms with Gasteiger partial charge in [-0.15, -0.1) is 0 Å². The first-order valence-electron chi connectivity index (χ1n) is 15.6. The Morgan fingerprint density at radius 2 is 1.95 bits per heavy atom. The average Bonchev–Trinajstić information content (AvgIpc) is 3.63. The van der Waals surface area contributed by atoms with Gasteiger partial charge >= 0.3 is 12.0 Å². The Morgan fingerprint density at radius 3 is 2.70 bits per heavy atom. The Hall–Kier alpha value is -3.96. The summed E-state index contributed by atoms with van der Waals surface area (Å²) >= 11 is 0. The number of benzene rings is 2. The number of unbranched alkanes of at least 4 members (excludes halogenated alkanes) is 1. The third kappa shape index (κ3) is 6.58. The Morgan fingerprint density at radius 1 is 1.14 bits per heavy atom. The largest absolute Gasteiger partial charge is 0.493 e. The number of urea groups is 1. The fraction of sp³-hybridized carbons (Fsp3) is 0.515. The molecule has 2 fully saturated rings. The number of carbonyl (C=O) groups is 4. The number of hydrogen-bond acceptors (Lipinski definition) is 7. The lowest BCUT2D eigenvalue weighted by Crippen LogP contribution is -2.52. The van der Waals surface area contributed by atoms with Crippen LogP contribution in [0.5, 0.6) is 5.75 Å². The summed E-state index contributed by atoms with van der Waals surface area (Å²) < 4.78 is 5.68. The highest BCUT2D eigenvalue weighted by Crippen LogP contribution is 2.41. The topological polar surface area (TPSA) is 137 Å².